The van der Waals surface area contributed by atoms with Crippen LogP contribution in [0.1, 0.15) is 39.0 Å². The highest BCUT2D eigenvalue weighted by Gasteiger charge is 2.25. The van der Waals surface area contributed by atoms with E-state index in [2.05, 4.69) is 12.2 Å². The van der Waals surface area contributed by atoms with Crippen LogP contribution < -0.4 is 11.1 Å². The van der Waals surface area contributed by atoms with E-state index in [9.17, 15) is 9.59 Å². The highest BCUT2D eigenvalue weighted by Crippen LogP contribution is 2.28. The van der Waals surface area contributed by atoms with E-state index in [1.165, 1.54) is 19.3 Å². The van der Waals surface area contributed by atoms with Crippen LogP contribution >= 0.6 is 0 Å². The summed E-state index contributed by atoms with van der Waals surface area (Å²) in [6.07, 6.45) is 5.79. The first-order valence-electron chi connectivity index (χ1n) is 6.80. The second-order valence-corrected chi connectivity index (χ2v) is 5.07. The van der Waals surface area contributed by atoms with E-state index >= 15 is 0 Å². The fourth-order valence-corrected chi connectivity index (χ4v) is 2.52. The third-order valence-electron chi connectivity index (χ3n) is 3.96. The van der Waals surface area contributed by atoms with Crippen molar-refractivity contribution < 1.29 is 9.59 Å². The molecule has 0 heterocycles. The Balaban J connectivity index is 2.33. The summed E-state index contributed by atoms with van der Waals surface area (Å²) in [6, 6.07) is 0.329. The second-order valence-electron chi connectivity index (χ2n) is 5.07. The van der Waals surface area contributed by atoms with Gasteiger partial charge in [0.05, 0.1) is 13.1 Å². The number of nitrogens with one attached hydrogen (secondary N) is 1. The van der Waals surface area contributed by atoms with E-state index in [0.29, 0.717) is 6.04 Å². The molecule has 1 aliphatic rings. The number of carbonyl (C=O) groups excluding carboxylic acids is 2. The van der Waals surface area contributed by atoms with Crippen molar-refractivity contribution in [3.05, 3.63) is 0 Å². The van der Waals surface area contributed by atoms with E-state index in [1.807, 2.05) is 7.05 Å². The summed E-state index contributed by atoms with van der Waals surface area (Å²) in [7, 11) is 1.83. The number of hydrogen-bond acceptors (Lipinski definition) is 3. The molecule has 5 nitrogen and oxygen atoms in total. The van der Waals surface area contributed by atoms with Crippen molar-refractivity contribution in [1.82, 2.24) is 10.2 Å². The van der Waals surface area contributed by atoms with Gasteiger partial charge in [0.1, 0.15) is 0 Å². The van der Waals surface area contributed by atoms with E-state index in [1.54, 1.807) is 4.90 Å². The minimum Gasteiger partial charge on any atom is -0.346 e. The van der Waals surface area contributed by atoms with Crippen LogP contribution in [0, 0.1) is 5.92 Å². The molecule has 0 aromatic rings. The molecule has 0 bridgehead atoms. The zero-order chi connectivity index (χ0) is 13.5. The standard InChI is InChI=1S/C13H25N3O2/c1-3-10-4-6-11(7-5-10)16(2)13(18)9-15-12(17)8-14/h10-11H,3-9,14H2,1-2H3,(H,15,17). The lowest BCUT2D eigenvalue weighted by molar-refractivity contribution is -0.133. The van der Waals surface area contributed by atoms with Crippen molar-refractivity contribution >= 4 is 11.8 Å². The molecule has 0 aliphatic heterocycles. The van der Waals surface area contributed by atoms with Gasteiger partial charge in [-0.25, -0.2) is 0 Å². The SMILES string of the molecule is CCC1CCC(N(C)C(=O)CNC(=O)CN)CC1. The Morgan fingerprint density at radius 1 is 1.28 bits per heavy atom. The smallest absolute Gasteiger partial charge is 0.241 e. The Hall–Kier alpha value is -1.10. The quantitative estimate of drug-likeness (QED) is 0.750. The van der Waals surface area contributed by atoms with Crippen LogP contribution in [-0.4, -0.2) is 42.9 Å². The van der Waals surface area contributed by atoms with Crippen LogP contribution in [0.15, 0.2) is 0 Å². The molecule has 0 radical (unpaired) electrons. The van der Waals surface area contributed by atoms with Gasteiger partial charge in [0.15, 0.2) is 0 Å². The first-order valence-corrected chi connectivity index (χ1v) is 6.80. The van der Waals surface area contributed by atoms with E-state index < -0.39 is 0 Å². The summed E-state index contributed by atoms with van der Waals surface area (Å²) < 4.78 is 0. The molecule has 3 N–H and O–H groups in total. The van der Waals surface area contributed by atoms with Gasteiger partial charge in [-0.2, -0.15) is 0 Å². The molecule has 104 valence electrons. The molecular formula is C13H25N3O2. The molecule has 0 aromatic heterocycles. The van der Waals surface area contributed by atoms with Crippen LogP contribution in [-0.2, 0) is 9.59 Å². The molecule has 5 heteroatoms. The maximum Gasteiger partial charge on any atom is 0.241 e. The summed E-state index contributed by atoms with van der Waals surface area (Å²) in [6.45, 7) is 2.21. The van der Waals surface area contributed by atoms with Crippen molar-refractivity contribution in [2.45, 2.75) is 45.1 Å². The van der Waals surface area contributed by atoms with Crippen molar-refractivity contribution in [2.24, 2.45) is 11.7 Å². The van der Waals surface area contributed by atoms with Crippen LogP contribution in [0.5, 0.6) is 0 Å². The Morgan fingerprint density at radius 3 is 2.39 bits per heavy atom. The van der Waals surface area contributed by atoms with Gasteiger partial charge in [0.2, 0.25) is 11.8 Å². The summed E-state index contributed by atoms with van der Waals surface area (Å²) in [4.78, 5) is 24.7. The number of rotatable bonds is 5. The number of hydrogen-bond donors (Lipinski definition) is 2. The van der Waals surface area contributed by atoms with Gasteiger partial charge in [-0.1, -0.05) is 13.3 Å². The average molecular weight is 255 g/mol. The van der Waals surface area contributed by atoms with Crippen LogP contribution in [0.25, 0.3) is 0 Å². The maximum atomic E-state index is 11.9. The number of likely N-dealkylation sites (N-methyl/N-ethyl adjacent to an activating group) is 1. The van der Waals surface area contributed by atoms with Crippen LogP contribution in [0.3, 0.4) is 0 Å². The predicted molar refractivity (Wildman–Crippen MR) is 70.9 cm³/mol. The molecule has 1 aliphatic carbocycles. The summed E-state index contributed by atoms with van der Waals surface area (Å²) in [5.41, 5.74) is 5.17. The third kappa shape index (κ3) is 4.29. The lowest BCUT2D eigenvalue weighted by Gasteiger charge is -2.34. The molecule has 2 amide bonds. The van der Waals surface area contributed by atoms with Crippen molar-refractivity contribution in [1.29, 1.82) is 0 Å². The van der Waals surface area contributed by atoms with Crippen LogP contribution in [0.2, 0.25) is 0 Å². The lowest BCUT2D eigenvalue weighted by Crippen LogP contribution is -2.45. The number of carbonyl (C=O) groups is 2. The minimum absolute atomic E-state index is 0.0308. The molecule has 0 saturated heterocycles. The fraction of sp³-hybridized carbons (Fsp3) is 0.846. The van der Waals surface area contributed by atoms with Gasteiger partial charge >= 0.3 is 0 Å². The Bertz CT molecular complexity index is 286. The zero-order valence-electron chi connectivity index (χ0n) is 11.4. The molecule has 0 spiro atoms. The number of nitrogens with two attached hydrogens (primary N) is 1. The largest absolute Gasteiger partial charge is 0.346 e. The average Bonchev–Trinajstić information content (AvgIpc) is 2.43. The first kappa shape index (κ1) is 15.0. The zero-order valence-corrected chi connectivity index (χ0v) is 11.4. The van der Waals surface area contributed by atoms with Gasteiger partial charge in [-0.3, -0.25) is 9.59 Å². The number of amides is 2. The normalized spacial score (nSPS) is 23.5. The minimum atomic E-state index is -0.286. The summed E-state index contributed by atoms with van der Waals surface area (Å²) in [5.74, 6) is 0.505. The van der Waals surface area contributed by atoms with Gasteiger partial charge in [-0.15, -0.1) is 0 Å². The monoisotopic (exact) mass is 255 g/mol. The van der Waals surface area contributed by atoms with Crippen molar-refractivity contribution in [3.63, 3.8) is 0 Å². The van der Waals surface area contributed by atoms with Gasteiger partial charge in [0.25, 0.3) is 0 Å². The Morgan fingerprint density at radius 2 is 1.89 bits per heavy atom. The highest BCUT2D eigenvalue weighted by atomic mass is 16.2. The van der Waals surface area contributed by atoms with E-state index in [0.717, 1.165) is 18.8 Å². The highest BCUT2D eigenvalue weighted by molar-refractivity contribution is 5.85. The Labute approximate surface area is 109 Å². The van der Waals surface area contributed by atoms with E-state index in [-0.39, 0.29) is 24.9 Å². The Kier molecular flexibility index (Phi) is 6.12. The molecular weight excluding hydrogens is 230 g/mol. The van der Waals surface area contributed by atoms with Crippen LogP contribution in [0.4, 0.5) is 0 Å². The van der Waals surface area contributed by atoms with E-state index in [4.69, 9.17) is 5.73 Å². The molecule has 0 atom stereocenters. The second kappa shape index (κ2) is 7.36. The molecule has 1 rings (SSSR count). The molecule has 1 saturated carbocycles. The van der Waals surface area contributed by atoms with Gasteiger partial charge < -0.3 is 16.0 Å². The van der Waals surface area contributed by atoms with Crippen molar-refractivity contribution in [2.75, 3.05) is 20.1 Å². The third-order valence-corrected chi connectivity index (χ3v) is 3.96. The van der Waals surface area contributed by atoms with Gasteiger partial charge in [-0.05, 0) is 31.6 Å². The molecule has 1 fully saturated rings. The molecule has 0 aromatic carbocycles. The summed E-state index contributed by atoms with van der Waals surface area (Å²) >= 11 is 0. The predicted octanol–water partition coefficient (Wildman–Crippen LogP) is 0.489. The summed E-state index contributed by atoms with van der Waals surface area (Å²) in [5, 5.41) is 2.52. The topological polar surface area (TPSA) is 75.4 Å². The number of nitrogens with zero attached hydrogens (tertiary/aromatic N) is 1. The molecule has 0 unspecified atom stereocenters. The fourth-order valence-electron chi connectivity index (χ4n) is 2.52. The van der Waals surface area contributed by atoms with Gasteiger partial charge in [0, 0.05) is 13.1 Å². The first-order chi connectivity index (χ1) is 8.58. The lowest BCUT2D eigenvalue weighted by atomic mass is 9.84. The maximum absolute atomic E-state index is 11.9. The van der Waals surface area contributed by atoms with Crippen molar-refractivity contribution in [3.8, 4) is 0 Å². The molecule has 18 heavy (non-hydrogen) atoms.